The topological polar surface area (TPSA) is 54.5 Å². The third kappa shape index (κ3) is 4.46. The van der Waals surface area contributed by atoms with Crippen LogP contribution in [0.3, 0.4) is 0 Å². The molecule has 0 unspecified atom stereocenters. The van der Waals surface area contributed by atoms with Crippen LogP contribution in [0.1, 0.15) is 17.5 Å². The summed E-state index contributed by atoms with van der Waals surface area (Å²) in [5.41, 5.74) is 4.21. The molecule has 1 aliphatic heterocycles. The standard InChI is InChI=1S/C21H23N3O2S/c1-15-3-2-4-16(13-15)5-8-20(25)22-17-6-7-18-19(14-17)27-21(23-18)24-9-11-26-12-10-24/h2-4,6-7,13-14H,5,8-12H2,1H3,(H,22,25). The Bertz CT molecular complexity index is 948. The summed E-state index contributed by atoms with van der Waals surface area (Å²) in [7, 11) is 0. The van der Waals surface area contributed by atoms with Gasteiger partial charge in [-0.3, -0.25) is 4.79 Å². The normalized spacial score (nSPS) is 14.5. The van der Waals surface area contributed by atoms with E-state index in [1.807, 2.05) is 24.3 Å². The van der Waals surface area contributed by atoms with E-state index in [-0.39, 0.29) is 5.91 Å². The van der Waals surface area contributed by atoms with Crippen molar-refractivity contribution in [3.63, 3.8) is 0 Å². The first-order valence-corrected chi connectivity index (χ1v) is 10.1. The van der Waals surface area contributed by atoms with Crippen molar-refractivity contribution in [1.29, 1.82) is 0 Å². The number of nitrogens with zero attached hydrogens (tertiary/aromatic N) is 2. The van der Waals surface area contributed by atoms with Gasteiger partial charge >= 0.3 is 0 Å². The summed E-state index contributed by atoms with van der Waals surface area (Å²) >= 11 is 1.66. The zero-order valence-electron chi connectivity index (χ0n) is 15.4. The summed E-state index contributed by atoms with van der Waals surface area (Å²) in [5, 5.41) is 4.04. The van der Waals surface area contributed by atoms with Gasteiger partial charge in [-0.1, -0.05) is 41.2 Å². The van der Waals surface area contributed by atoms with Crippen LogP contribution < -0.4 is 10.2 Å². The van der Waals surface area contributed by atoms with E-state index in [1.54, 1.807) is 11.3 Å². The van der Waals surface area contributed by atoms with E-state index in [0.717, 1.165) is 53.8 Å². The van der Waals surface area contributed by atoms with Crippen molar-refractivity contribution in [2.24, 2.45) is 0 Å². The van der Waals surface area contributed by atoms with Crippen molar-refractivity contribution >= 4 is 38.3 Å². The van der Waals surface area contributed by atoms with Gasteiger partial charge in [-0.15, -0.1) is 0 Å². The second-order valence-corrected chi connectivity index (χ2v) is 7.82. The van der Waals surface area contributed by atoms with Gasteiger partial charge < -0.3 is 15.0 Å². The number of anilines is 2. The molecule has 1 aliphatic rings. The van der Waals surface area contributed by atoms with Crippen molar-refractivity contribution < 1.29 is 9.53 Å². The first-order valence-electron chi connectivity index (χ1n) is 9.26. The maximum Gasteiger partial charge on any atom is 0.224 e. The monoisotopic (exact) mass is 381 g/mol. The summed E-state index contributed by atoms with van der Waals surface area (Å²) in [6.07, 6.45) is 1.22. The van der Waals surface area contributed by atoms with Crippen LogP contribution in [0.25, 0.3) is 10.2 Å². The van der Waals surface area contributed by atoms with Gasteiger partial charge in [0.15, 0.2) is 5.13 Å². The number of rotatable bonds is 5. The molecule has 1 N–H and O–H groups in total. The average molecular weight is 382 g/mol. The van der Waals surface area contributed by atoms with Crippen LogP contribution in [0, 0.1) is 6.92 Å². The molecule has 0 spiro atoms. The number of benzene rings is 2. The number of hydrogen-bond donors (Lipinski definition) is 1. The van der Waals surface area contributed by atoms with E-state index in [0.29, 0.717) is 6.42 Å². The number of ether oxygens (including phenoxy) is 1. The van der Waals surface area contributed by atoms with Crippen LogP contribution in [-0.4, -0.2) is 37.2 Å². The molecule has 140 valence electrons. The minimum absolute atomic E-state index is 0.0359. The Morgan fingerprint density at radius 1 is 1.22 bits per heavy atom. The molecule has 0 bridgehead atoms. The third-order valence-electron chi connectivity index (χ3n) is 4.67. The number of carbonyl (C=O) groups is 1. The Labute approximate surface area is 163 Å². The lowest BCUT2D eigenvalue weighted by Crippen LogP contribution is -2.36. The summed E-state index contributed by atoms with van der Waals surface area (Å²) in [6.45, 7) is 5.32. The second-order valence-electron chi connectivity index (χ2n) is 6.82. The Balaban J connectivity index is 1.40. The molecule has 1 fully saturated rings. The minimum Gasteiger partial charge on any atom is -0.378 e. The van der Waals surface area contributed by atoms with E-state index in [9.17, 15) is 4.79 Å². The number of amides is 1. The van der Waals surface area contributed by atoms with Crippen molar-refractivity contribution in [2.75, 3.05) is 36.5 Å². The Morgan fingerprint density at radius 2 is 2.07 bits per heavy atom. The molecular weight excluding hydrogens is 358 g/mol. The Morgan fingerprint density at radius 3 is 2.89 bits per heavy atom. The number of hydrogen-bond acceptors (Lipinski definition) is 5. The highest BCUT2D eigenvalue weighted by atomic mass is 32.1. The number of aryl methyl sites for hydroxylation is 2. The first kappa shape index (κ1) is 17.9. The molecule has 0 radical (unpaired) electrons. The fraction of sp³-hybridized carbons (Fsp3) is 0.333. The SMILES string of the molecule is Cc1cccc(CCC(=O)Nc2ccc3nc(N4CCOCC4)sc3c2)c1. The van der Waals surface area contributed by atoms with Gasteiger partial charge in [-0.05, 0) is 37.1 Å². The fourth-order valence-electron chi connectivity index (χ4n) is 3.23. The lowest BCUT2D eigenvalue weighted by Gasteiger charge is -2.25. The molecule has 3 aromatic rings. The van der Waals surface area contributed by atoms with Crippen molar-refractivity contribution in [3.8, 4) is 0 Å². The highest BCUT2D eigenvalue weighted by Crippen LogP contribution is 2.31. The number of carbonyl (C=O) groups excluding carboxylic acids is 1. The van der Waals surface area contributed by atoms with Crippen molar-refractivity contribution in [3.05, 3.63) is 53.6 Å². The van der Waals surface area contributed by atoms with Crippen molar-refractivity contribution in [2.45, 2.75) is 19.8 Å². The minimum atomic E-state index is 0.0359. The molecule has 4 rings (SSSR count). The fourth-order valence-corrected chi connectivity index (χ4v) is 4.29. The van der Waals surface area contributed by atoms with Crippen LogP contribution >= 0.6 is 11.3 Å². The average Bonchev–Trinajstić information content (AvgIpc) is 3.11. The summed E-state index contributed by atoms with van der Waals surface area (Å²) in [5.74, 6) is 0.0359. The Kier molecular flexibility index (Phi) is 5.36. The highest BCUT2D eigenvalue weighted by Gasteiger charge is 2.15. The van der Waals surface area contributed by atoms with Crippen LogP contribution in [0.4, 0.5) is 10.8 Å². The zero-order chi connectivity index (χ0) is 18.6. The molecule has 27 heavy (non-hydrogen) atoms. The lowest BCUT2D eigenvalue weighted by atomic mass is 10.1. The van der Waals surface area contributed by atoms with Gasteiger partial charge in [-0.2, -0.15) is 0 Å². The molecule has 1 saturated heterocycles. The van der Waals surface area contributed by atoms with Crippen LogP contribution in [0.15, 0.2) is 42.5 Å². The largest absolute Gasteiger partial charge is 0.378 e. The predicted molar refractivity (Wildman–Crippen MR) is 111 cm³/mol. The van der Waals surface area contributed by atoms with Gasteiger partial charge in [0.1, 0.15) is 0 Å². The molecule has 0 aliphatic carbocycles. The van der Waals surface area contributed by atoms with Gasteiger partial charge in [0, 0.05) is 25.2 Å². The summed E-state index contributed by atoms with van der Waals surface area (Å²) in [6, 6.07) is 14.2. The van der Waals surface area contributed by atoms with Crippen molar-refractivity contribution in [1.82, 2.24) is 4.98 Å². The van der Waals surface area contributed by atoms with Gasteiger partial charge in [-0.25, -0.2) is 4.98 Å². The molecule has 1 amide bonds. The van der Waals surface area contributed by atoms with E-state index in [2.05, 4.69) is 35.3 Å². The molecule has 2 aromatic carbocycles. The van der Waals surface area contributed by atoms with Gasteiger partial charge in [0.25, 0.3) is 0 Å². The number of aromatic nitrogens is 1. The molecule has 5 nitrogen and oxygen atoms in total. The van der Waals surface area contributed by atoms with E-state index < -0.39 is 0 Å². The summed E-state index contributed by atoms with van der Waals surface area (Å²) < 4.78 is 6.50. The number of nitrogens with one attached hydrogen (secondary N) is 1. The third-order valence-corrected chi connectivity index (χ3v) is 5.74. The molecule has 2 heterocycles. The summed E-state index contributed by atoms with van der Waals surface area (Å²) in [4.78, 5) is 19.3. The number of fused-ring (bicyclic) bond motifs is 1. The lowest BCUT2D eigenvalue weighted by molar-refractivity contribution is -0.116. The molecule has 0 saturated carbocycles. The predicted octanol–water partition coefficient (Wildman–Crippen LogP) is 4.01. The maximum absolute atomic E-state index is 12.3. The zero-order valence-corrected chi connectivity index (χ0v) is 16.2. The van der Waals surface area contributed by atoms with Gasteiger partial charge in [0.2, 0.25) is 5.91 Å². The van der Waals surface area contributed by atoms with Crippen LogP contribution in [0.5, 0.6) is 0 Å². The first-order chi connectivity index (χ1) is 13.2. The second kappa shape index (κ2) is 8.06. The molecule has 6 heteroatoms. The maximum atomic E-state index is 12.3. The quantitative estimate of drug-likeness (QED) is 0.725. The Hall–Kier alpha value is -2.44. The van der Waals surface area contributed by atoms with Crippen LogP contribution in [0.2, 0.25) is 0 Å². The highest BCUT2D eigenvalue weighted by molar-refractivity contribution is 7.22. The molecular formula is C21H23N3O2S. The van der Waals surface area contributed by atoms with Gasteiger partial charge in [0.05, 0.1) is 23.4 Å². The van der Waals surface area contributed by atoms with E-state index in [1.165, 1.54) is 11.1 Å². The molecule has 1 aromatic heterocycles. The van der Waals surface area contributed by atoms with Crippen LogP contribution in [-0.2, 0) is 16.0 Å². The van der Waals surface area contributed by atoms with E-state index in [4.69, 9.17) is 9.72 Å². The number of thiazole rings is 1. The number of morpholine rings is 1. The van der Waals surface area contributed by atoms with E-state index >= 15 is 0 Å². The smallest absolute Gasteiger partial charge is 0.224 e. The molecule has 0 atom stereocenters.